The number of benzene rings is 1. The fourth-order valence-electron chi connectivity index (χ4n) is 5.40. The number of fused-ring (bicyclic) bond motifs is 6. The van der Waals surface area contributed by atoms with Crippen LogP contribution in [0.15, 0.2) is 59.8 Å². The van der Waals surface area contributed by atoms with Gasteiger partial charge in [-0.3, -0.25) is 4.79 Å². The van der Waals surface area contributed by atoms with Crippen LogP contribution >= 0.6 is 23.3 Å². The van der Waals surface area contributed by atoms with Crippen LogP contribution in [0.1, 0.15) is 64.9 Å². The maximum atomic E-state index is 13.4. The number of hydrogen-bond donors (Lipinski definition) is 2. The molecule has 0 saturated heterocycles. The molecular formula is C35H44F3N6O3S2Sb. The van der Waals surface area contributed by atoms with Gasteiger partial charge in [-0.05, 0) is 57.2 Å². The molecule has 0 aliphatic carbocycles. The van der Waals surface area contributed by atoms with Gasteiger partial charge in [-0.2, -0.15) is 13.2 Å². The first-order valence-corrected chi connectivity index (χ1v) is 20.8. The molecule has 1 atom stereocenters. The number of nitrogens with one attached hydrogen (secondary N) is 1. The first kappa shape index (κ1) is 39.8. The second-order valence-corrected chi connectivity index (χ2v) is 14.4. The van der Waals surface area contributed by atoms with Crippen molar-refractivity contribution in [2.75, 3.05) is 29.3 Å². The predicted molar refractivity (Wildman–Crippen MR) is 196 cm³/mol. The van der Waals surface area contributed by atoms with Gasteiger partial charge in [0.25, 0.3) is 0 Å². The van der Waals surface area contributed by atoms with Crippen LogP contribution in [0.25, 0.3) is 16.3 Å². The molecule has 50 heavy (non-hydrogen) atoms. The SMILES string of the molecule is CCCC(CN1CCCCCCc2ccccc2-c2nc(sc2-n2ccc(OCC(C)(C)C(F)(F)F)n2)NSc2cccc1n2)C(=O)O.[CH3][Sb]. The Bertz CT molecular complexity index is 1680. The topological polar surface area (TPSA) is 105 Å². The number of halogens is 3. The molecule has 0 amide bonds. The third-order valence-electron chi connectivity index (χ3n) is 8.33. The number of hydrogen-bond acceptors (Lipinski definition) is 9. The third-order valence-corrected chi connectivity index (χ3v) is 10.2. The maximum absolute atomic E-state index is 13.4. The Morgan fingerprint density at radius 3 is 2.56 bits per heavy atom. The van der Waals surface area contributed by atoms with E-state index < -0.39 is 30.1 Å². The molecule has 1 aliphatic heterocycles. The molecule has 1 aromatic carbocycles. The Balaban J connectivity index is 0.00000276. The van der Waals surface area contributed by atoms with Gasteiger partial charge in [-0.1, -0.05) is 67.9 Å². The van der Waals surface area contributed by atoms with Crippen molar-refractivity contribution in [3.8, 4) is 22.1 Å². The minimum atomic E-state index is -4.41. The fourth-order valence-corrected chi connectivity index (χ4v) is 6.98. The molecule has 15 heteroatoms. The number of carbonyl (C=O) groups is 1. The predicted octanol–water partition coefficient (Wildman–Crippen LogP) is 9.10. The van der Waals surface area contributed by atoms with E-state index in [0.717, 1.165) is 75.9 Å². The molecule has 0 saturated carbocycles. The zero-order valence-corrected chi connectivity index (χ0v) is 32.9. The van der Waals surface area contributed by atoms with Crippen LogP contribution in [0.2, 0.25) is 4.87 Å². The molecule has 2 N–H and O–H groups in total. The number of thiazole rings is 1. The van der Waals surface area contributed by atoms with Crippen molar-refractivity contribution in [1.29, 1.82) is 0 Å². The number of anilines is 2. The fraction of sp³-hybridized carbons (Fsp3) is 0.486. The number of aliphatic carboxylic acids is 1. The van der Waals surface area contributed by atoms with E-state index in [1.807, 2.05) is 43.3 Å². The van der Waals surface area contributed by atoms with Gasteiger partial charge in [-0.25, -0.2) is 14.6 Å². The average Bonchev–Trinajstić information content (AvgIpc) is 3.75. The third kappa shape index (κ3) is 10.5. The van der Waals surface area contributed by atoms with E-state index in [4.69, 9.17) is 14.7 Å². The second-order valence-electron chi connectivity index (χ2n) is 12.6. The second kappa shape index (κ2) is 18.5. The molecule has 3 aromatic heterocycles. The molecule has 1 aliphatic rings. The van der Waals surface area contributed by atoms with E-state index in [2.05, 4.69) is 25.7 Å². The Labute approximate surface area is 314 Å². The number of carboxylic acids is 1. The Hall–Kier alpha value is -2.96. The molecule has 270 valence electrons. The number of aromatic nitrogens is 4. The van der Waals surface area contributed by atoms with E-state index in [1.54, 1.807) is 40.0 Å². The Morgan fingerprint density at radius 1 is 1.06 bits per heavy atom. The zero-order chi connectivity index (χ0) is 36.3. The average molecular weight is 840 g/mol. The van der Waals surface area contributed by atoms with Crippen molar-refractivity contribution in [2.45, 2.75) is 81.8 Å². The molecule has 0 fully saturated rings. The van der Waals surface area contributed by atoms with E-state index in [0.29, 0.717) is 33.8 Å². The van der Waals surface area contributed by atoms with Gasteiger partial charge in [0.1, 0.15) is 28.1 Å². The first-order chi connectivity index (χ1) is 23.9. The molecule has 5 rings (SSSR count). The van der Waals surface area contributed by atoms with Gasteiger partial charge in [-0.15, -0.1) is 5.10 Å². The normalized spacial score (nSPS) is 14.8. The number of nitrogens with zero attached hydrogens (tertiary/aromatic N) is 5. The van der Waals surface area contributed by atoms with Gasteiger partial charge in [0, 0.05) is 42.9 Å². The van der Waals surface area contributed by atoms with Gasteiger partial charge in [0.15, 0.2) is 5.13 Å². The molecule has 9 nitrogen and oxygen atoms in total. The summed E-state index contributed by atoms with van der Waals surface area (Å²) in [5, 5.41) is 16.3. The van der Waals surface area contributed by atoms with Crippen LogP contribution in [0.4, 0.5) is 24.1 Å². The monoisotopic (exact) mass is 838 g/mol. The summed E-state index contributed by atoms with van der Waals surface area (Å²) in [5.74, 6) is -0.442. The minimum absolute atomic E-state index is 0.0907. The summed E-state index contributed by atoms with van der Waals surface area (Å²) in [6.45, 7) is 4.76. The van der Waals surface area contributed by atoms with Gasteiger partial charge in [0.05, 0.1) is 11.3 Å². The summed E-state index contributed by atoms with van der Waals surface area (Å²) in [6.07, 6.45) is 3.37. The van der Waals surface area contributed by atoms with E-state index >= 15 is 0 Å². The van der Waals surface area contributed by atoms with Crippen LogP contribution in [-0.4, -0.2) is 79.7 Å². The van der Waals surface area contributed by atoms with E-state index in [1.165, 1.54) is 23.3 Å². The quantitative estimate of drug-likeness (QED) is 0.126. The van der Waals surface area contributed by atoms with Crippen molar-refractivity contribution in [1.82, 2.24) is 19.7 Å². The molecule has 4 aromatic rings. The van der Waals surface area contributed by atoms with Crippen molar-refractivity contribution in [2.24, 2.45) is 11.3 Å². The summed E-state index contributed by atoms with van der Waals surface area (Å²) in [5.41, 5.74) is 0.777. The first-order valence-electron chi connectivity index (χ1n) is 16.6. The summed E-state index contributed by atoms with van der Waals surface area (Å²) in [4.78, 5) is 26.0. The number of ether oxygens (including phenoxy) is 1. The molecular weight excluding hydrogens is 795 g/mol. The van der Waals surface area contributed by atoms with Crippen LogP contribution in [0.3, 0.4) is 0 Å². The molecule has 4 heterocycles. The summed E-state index contributed by atoms with van der Waals surface area (Å²) in [7, 11) is 0. The van der Waals surface area contributed by atoms with Crippen LogP contribution in [0, 0.1) is 11.3 Å². The van der Waals surface area contributed by atoms with Gasteiger partial charge < -0.3 is 19.5 Å². The van der Waals surface area contributed by atoms with Gasteiger partial charge in [0.2, 0.25) is 5.88 Å². The Morgan fingerprint density at radius 2 is 1.82 bits per heavy atom. The number of pyridine rings is 1. The molecule has 0 spiro atoms. The van der Waals surface area contributed by atoms with E-state index in [-0.39, 0.29) is 5.88 Å². The van der Waals surface area contributed by atoms with Crippen LogP contribution in [0.5, 0.6) is 5.88 Å². The number of aryl methyl sites for hydroxylation is 1. The van der Waals surface area contributed by atoms with Crippen LogP contribution < -0.4 is 14.4 Å². The zero-order valence-electron chi connectivity index (χ0n) is 28.7. The summed E-state index contributed by atoms with van der Waals surface area (Å²) >= 11 is 4.41. The molecule has 2 radical (unpaired) electrons. The van der Waals surface area contributed by atoms with Crippen LogP contribution in [-0.2, 0) is 11.2 Å². The molecule has 4 bridgehead atoms. The van der Waals surface area contributed by atoms with E-state index in [9.17, 15) is 23.1 Å². The van der Waals surface area contributed by atoms with Crippen molar-refractivity contribution in [3.05, 3.63) is 60.3 Å². The molecule has 1 unspecified atom stereocenters. The van der Waals surface area contributed by atoms with Crippen molar-refractivity contribution >= 4 is 63.2 Å². The Kier molecular flexibility index (Phi) is 14.7. The van der Waals surface area contributed by atoms with Crippen molar-refractivity contribution < 1.29 is 27.8 Å². The van der Waals surface area contributed by atoms with Gasteiger partial charge >= 0.3 is 40.0 Å². The number of alkyl halides is 3. The summed E-state index contributed by atoms with van der Waals surface area (Å²) < 4.78 is 50.7. The van der Waals surface area contributed by atoms with Crippen molar-refractivity contribution in [3.63, 3.8) is 0 Å². The summed E-state index contributed by atoms with van der Waals surface area (Å²) in [6, 6.07) is 15.4. The number of carboxylic acid groups (broad SMARTS) is 1. The standard InChI is InChI=1S/C34H41F3N6O3S2.CH3.Sb/c1-4-12-24(31(44)45)21-42-19-10-6-5-7-13-23-14-8-9-15-25(23)29-30(47-32(39-29)41-48-28-17-11-16-26(42)38-28)43-20-18-27(40-43)46-22-33(2,3)34(35,36)37;;/h8-9,11,14-18,20,24H,4-7,10,12-13,19,21-22H2,1-3H3,(H,39,41)(H,44,45);1H3;. The number of rotatable bonds is 9.